The average Bonchev–Trinajstić information content (AvgIpc) is 3.22. The number of oxime groups is 2. The van der Waals surface area contributed by atoms with Crippen LogP contribution in [-0.2, 0) is 23.0 Å². The molecular formula is C32H58N2O5Si3. The van der Waals surface area contributed by atoms with E-state index in [2.05, 4.69) is 94.5 Å². The van der Waals surface area contributed by atoms with E-state index >= 15 is 0 Å². The van der Waals surface area contributed by atoms with Crippen molar-refractivity contribution >= 4 is 36.9 Å². The maximum absolute atomic E-state index is 7.25. The molecule has 2 saturated carbocycles. The molecule has 0 aromatic heterocycles. The summed E-state index contributed by atoms with van der Waals surface area (Å²) in [7, 11) is -1.99. The van der Waals surface area contributed by atoms with E-state index in [9.17, 15) is 0 Å². The van der Waals surface area contributed by atoms with Gasteiger partial charge in [-0.05, 0) is 126 Å². The van der Waals surface area contributed by atoms with Crippen molar-refractivity contribution in [2.45, 2.75) is 110 Å². The minimum Gasteiger partial charge on any atom is -0.547 e. The highest BCUT2D eigenvalue weighted by molar-refractivity contribution is 6.70. The van der Waals surface area contributed by atoms with E-state index in [-0.39, 0.29) is 22.9 Å². The van der Waals surface area contributed by atoms with Crippen molar-refractivity contribution < 1.29 is 23.0 Å². The van der Waals surface area contributed by atoms with Gasteiger partial charge in [0, 0.05) is 23.9 Å². The Morgan fingerprint density at radius 1 is 0.976 bits per heavy atom. The quantitative estimate of drug-likeness (QED) is 0.130. The molecule has 42 heavy (non-hydrogen) atoms. The highest BCUT2D eigenvalue weighted by Crippen LogP contribution is 2.66. The van der Waals surface area contributed by atoms with E-state index in [1.165, 1.54) is 11.3 Å². The second-order valence-corrected chi connectivity index (χ2v) is 29.6. The average molecular weight is 635 g/mol. The number of rotatable bonds is 11. The van der Waals surface area contributed by atoms with Gasteiger partial charge in [-0.1, -0.05) is 23.3 Å². The van der Waals surface area contributed by atoms with E-state index in [4.69, 9.17) is 23.0 Å². The van der Waals surface area contributed by atoms with Gasteiger partial charge in [-0.2, -0.15) is 0 Å². The van der Waals surface area contributed by atoms with Crippen LogP contribution in [0.4, 0.5) is 0 Å². The van der Waals surface area contributed by atoms with Crippen LogP contribution in [0.1, 0.15) is 45.4 Å². The van der Waals surface area contributed by atoms with Crippen LogP contribution in [0.3, 0.4) is 0 Å². The van der Waals surface area contributed by atoms with Crippen molar-refractivity contribution in [1.29, 1.82) is 0 Å². The lowest BCUT2D eigenvalue weighted by Crippen LogP contribution is -2.59. The minimum absolute atomic E-state index is 0.0621. The number of hydrogen-bond donors (Lipinski definition) is 0. The van der Waals surface area contributed by atoms with Crippen LogP contribution >= 0.6 is 0 Å². The molecular weight excluding hydrogens is 577 g/mol. The van der Waals surface area contributed by atoms with Gasteiger partial charge in [-0.25, -0.2) is 0 Å². The highest BCUT2D eigenvalue weighted by atomic mass is 28.4. The Labute approximate surface area is 258 Å². The topological polar surface area (TPSA) is 70.9 Å². The Morgan fingerprint density at radius 2 is 1.69 bits per heavy atom. The summed E-state index contributed by atoms with van der Waals surface area (Å²) in [6.45, 7) is 23.5. The Kier molecular flexibility index (Phi) is 9.86. The third-order valence-electron chi connectivity index (χ3n) is 9.86. The predicted molar refractivity (Wildman–Crippen MR) is 180 cm³/mol. The molecule has 7 atom stereocenters. The zero-order valence-corrected chi connectivity index (χ0v) is 31.5. The molecule has 4 aliphatic rings. The van der Waals surface area contributed by atoms with Crippen LogP contribution in [0.5, 0.6) is 0 Å². The first kappa shape index (κ1) is 33.7. The van der Waals surface area contributed by atoms with Crippen molar-refractivity contribution in [3.63, 3.8) is 0 Å². The first-order chi connectivity index (χ1) is 19.4. The lowest BCUT2D eigenvalue weighted by molar-refractivity contribution is -0.0883. The second kappa shape index (κ2) is 12.3. The molecule has 2 fully saturated rings. The van der Waals surface area contributed by atoms with Crippen LogP contribution in [-0.4, -0.2) is 63.8 Å². The van der Waals surface area contributed by atoms with Crippen LogP contribution in [0.2, 0.25) is 58.9 Å². The first-order valence-corrected chi connectivity index (χ1v) is 26.2. The van der Waals surface area contributed by atoms with Crippen molar-refractivity contribution in [1.82, 2.24) is 0 Å². The molecule has 4 rings (SSSR count). The van der Waals surface area contributed by atoms with Gasteiger partial charge in [-0.15, -0.1) is 0 Å². The van der Waals surface area contributed by atoms with Crippen molar-refractivity contribution in [2.24, 2.45) is 44.8 Å². The molecule has 0 spiro atoms. The minimum atomic E-state index is -1.87. The summed E-state index contributed by atoms with van der Waals surface area (Å²) in [4.78, 5) is 10.8. The Hall–Kier alpha value is -1.21. The number of hydrogen-bond acceptors (Lipinski definition) is 7. The molecule has 238 valence electrons. The van der Waals surface area contributed by atoms with Gasteiger partial charge in [0.25, 0.3) is 0 Å². The standard InChI is InChI=1S/C32H58N2O5Si3/c1-31-18-17-24(38-41(7,8)9)19-23(31)13-14-25-26-15-16-27(28(34-36-3)21-37-40(4,5)6)32(26,22-33-35-2)20-29(30(25)31)39-42(10,11)12/h13,19,22,25-27,29-30H,14-18,20-21H2,1-12H3/b33-22-,34-28-/t25-,26-,27-,29-,30+,31-,32+/m0/s1. The van der Waals surface area contributed by atoms with Gasteiger partial charge >= 0.3 is 0 Å². The van der Waals surface area contributed by atoms with E-state index in [0.717, 1.165) is 44.2 Å². The summed E-state index contributed by atoms with van der Waals surface area (Å²) in [6, 6.07) is 0. The van der Waals surface area contributed by atoms with Crippen LogP contribution < -0.4 is 0 Å². The fourth-order valence-corrected chi connectivity index (χ4v) is 11.3. The number of allylic oxidation sites excluding steroid dienone is 4. The lowest BCUT2D eigenvalue weighted by Gasteiger charge is -2.60. The molecule has 7 nitrogen and oxygen atoms in total. The van der Waals surface area contributed by atoms with Gasteiger partial charge in [0.1, 0.15) is 14.2 Å². The van der Waals surface area contributed by atoms with Gasteiger partial charge < -0.3 is 23.0 Å². The van der Waals surface area contributed by atoms with Gasteiger partial charge in [0.05, 0.1) is 24.3 Å². The maximum Gasteiger partial charge on any atom is 0.241 e. The molecule has 0 aromatic carbocycles. The number of nitrogens with zero attached hydrogens (tertiary/aromatic N) is 2. The molecule has 0 amide bonds. The molecule has 10 heteroatoms. The maximum atomic E-state index is 7.25. The van der Waals surface area contributed by atoms with Crippen LogP contribution in [0.25, 0.3) is 0 Å². The van der Waals surface area contributed by atoms with Gasteiger partial charge in [-0.3, -0.25) is 0 Å². The van der Waals surface area contributed by atoms with Gasteiger partial charge in [0.2, 0.25) is 8.32 Å². The van der Waals surface area contributed by atoms with Crippen LogP contribution in [0, 0.1) is 34.5 Å². The second-order valence-electron chi connectivity index (χ2n) is 16.2. The SMILES string of the molecule is CO/N=C\[C@]12C[C@H](O[Si](C)(C)C)[C@H]3[C@@H](CC=C4C=C(O[Si](C)(C)C)CC[C@@]43C)[C@@H]1CC[C@H]2/C(CO[Si](C)(C)C)=N\OC. The predicted octanol–water partition coefficient (Wildman–Crippen LogP) is 8.21. The zero-order valence-electron chi connectivity index (χ0n) is 28.5. The third-order valence-corrected chi connectivity index (χ3v) is 12.8. The normalized spacial score (nSPS) is 35.6. The Bertz CT molecular complexity index is 1100. The Balaban J connectivity index is 1.80. The number of fused-ring (bicyclic) bond motifs is 5. The van der Waals surface area contributed by atoms with E-state index in [1.807, 2.05) is 0 Å². The summed E-state index contributed by atoms with van der Waals surface area (Å²) < 4.78 is 20.2. The Morgan fingerprint density at radius 3 is 2.29 bits per heavy atom. The largest absolute Gasteiger partial charge is 0.547 e. The van der Waals surface area contributed by atoms with E-state index in [1.54, 1.807) is 14.2 Å². The summed E-state index contributed by atoms with van der Waals surface area (Å²) in [6.07, 6.45) is 13.5. The molecule has 0 N–H and O–H groups in total. The smallest absolute Gasteiger partial charge is 0.241 e. The first-order valence-electron chi connectivity index (χ1n) is 16.0. The molecule has 0 bridgehead atoms. The summed E-state index contributed by atoms with van der Waals surface area (Å²) in [5.74, 6) is 2.76. The third kappa shape index (κ3) is 7.19. The fraction of sp³-hybridized carbons (Fsp3) is 0.812. The molecule has 0 radical (unpaired) electrons. The summed E-state index contributed by atoms with van der Waals surface area (Å²) in [5.41, 5.74) is 2.30. The molecule has 0 aromatic rings. The van der Waals surface area contributed by atoms with Gasteiger partial charge in [0.15, 0.2) is 16.6 Å². The lowest BCUT2D eigenvalue weighted by atomic mass is 9.46. The monoisotopic (exact) mass is 634 g/mol. The van der Waals surface area contributed by atoms with Crippen molar-refractivity contribution in [3.05, 3.63) is 23.5 Å². The summed E-state index contributed by atoms with van der Waals surface area (Å²) in [5, 5.41) is 9.13. The van der Waals surface area contributed by atoms with Crippen LogP contribution in [0.15, 0.2) is 33.8 Å². The van der Waals surface area contributed by atoms with E-state index in [0.29, 0.717) is 24.4 Å². The molecule has 0 aliphatic heterocycles. The molecule has 0 saturated heterocycles. The van der Waals surface area contributed by atoms with E-state index < -0.39 is 25.0 Å². The molecule has 0 unspecified atom stereocenters. The molecule has 0 heterocycles. The fourth-order valence-electron chi connectivity index (χ4n) is 8.60. The summed E-state index contributed by atoms with van der Waals surface area (Å²) >= 11 is 0. The highest BCUT2D eigenvalue weighted by Gasteiger charge is 2.64. The van der Waals surface area contributed by atoms with Crippen molar-refractivity contribution in [3.8, 4) is 0 Å². The van der Waals surface area contributed by atoms with Crippen molar-refractivity contribution in [2.75, 3.05) is 20.8 Å². The zero-order chi connectivity index (χ0) is 31.1. The molecule has 4 aliphatic carbocycles.